The number of hydrogen-bond acceptors (Lipinski definition) is 5. The van der Waals surface area contributed by atoms with Gasteiger partial charge in [0.1, 0.15) is 18.0 Å². The number of carbonyl (C=O) groups is 1. The zero-order chi connectivity index (χ0) is 15.4. The molecule has 0 bridgehead atoms. The molecular formula is C16H25N5O. The van der Waals surface area contributed by atoms with Gasteiger partial charge in [0.25, 0.3) is 0 Å². The van der Waals surface area contributed by atoms with Crippen LogP contribution in [0.5, 0.6) is 0 Å². The molecule has 1 aliphatic heterocycles. The molecule has 1 amide bonds. The number of nitrogens with zero attached hydrogens (tertiary/aromatic N) is 4. The molecule has 120 valence electrons. The standard InChI is InChI=1S/C16H25N5O/c1-20-7-9-21(10-8-20)15-11-14(17-12-18-15)19-16(22)13-5-3-2-4-6-13/h11-13H,2-10H2,1H3,(H,17,18,19,22). The largest absolute Gasteiger partial charge is 0.354 e. The van der Waals surface area contributed by atoms with Crippen molar-refractivity contribution in [3.8, 4) is 0 Å². The van der Waals surface area contributed by atoms with Crippen LogP contribution in [-0.4, -0.2) is 54.0 Å². The minimum absolute atomic E-state index is 0.114. The van der Waals surface area contributed by atoms with Gasteiger partial charge in [-0.05, 0) is 19.9 Å². The maximum atomic E-state index is 12.3. The summed E-state index contributed by atoms with van der Waals surface area (Å²) in [6.07, 6.45) is 7.13. The van der Waals surface area contributed by atoms with Gasteiger partial charge in [-0.15, -0.1) is 0 Å². The normalized spacial score (nSPS) is 20.9. The quantitative estimate of drug-likeness (QED) is 0.922. The van der Waals surface area contributed by atoms with E-state index in [1.165, 1.54) is 6.42 Å². The number of anilines is 2. The molecule has 22 heavy (non-hydrogen) atoms. The van der Waals surface area contributed by atoms with Crippen molar-refractivity contribution < 1.29 is 4.79 Å². The maximum Gasteiger partial charge on any atom is 0.228 e. The first kappa shape index (κ1) is 15.2. The van der Waals surface area contributed by atoms with Gasteiger partial charge in [-0.2, -0.15) is 0 Å². The highest BCUT2D eigenvalue weighted by Gasteiger charge is 2.22. The highest BCUT2D eigenvalue weighted by atomic mass is 16.1. The molecule has 6 heteroatoms. The lowest BCUT2D eigenvalue weighted by Crippen LogP contribution is -2.44. The third kappa shape index (κ3) is 3.74. The molecule has 2 aliphatic rings. The minimum atomic E-state index is 0.114. The van der Waals surface area contributed by atoms with Crippen LogP contribution >= 0.6 is 0 Å². The number of aromatic nitrogens is 2. The highest BCUT2D eigenvalue weighted by Crippen LogP contribution is 2.25. The summed E-state index contributed by atoms with van der Waals surface area (Å²) in [5, 5.41) is 2.97. The first-order valence-electron chi connectivity index (χ1n) is 8.29. The summed E-state index contributed by atoms with van der Waals surface area (Å²) in [6, 6.07) is 1.89. The molecular weight excluding hydrogens is 278 g/mol. The van der Waals surface area contributed by atoms with Crippen LogP contribution in [-0.2, 0) is 4.79 Å². The Hall–Kier alpha value is -1.69. The van der Waals surface area contributed by atoms with Crippen LogP contribution in [0.1, 0.15) is 32.1 Å². The van der Waals surface area contributed by atoms with Crippen LogP contribution in [0.4, 0.5) is 11.6 Å². The number of nitrogens with one attached hydrogen (secondary N) is 1. The molecule has 3 rings (SSSR count). The van der Waals surface area contributed by atoms with Crippen LogP contribution in [0.15, 0.2) is 12.4 Å². The molecule has 1 saturated carbocycles. The summed E-state index contributed by atoms with van der Waals surface area (Å²) in [7, 11) is 2.13. The average molecular weight is 303 g/mol. The fourth-order valence-electron chi connectivity index (χ4n) is 3.22. The topological polar surface area (TPSA) is 61.4 Å². The van der Waals surface area contributed by atoms with Crippen LogP contribution < -0.4 is 10.2 Å². The fraction of sp³-hybridized carbons (Fsp3) is 0.688. The predicted molar refractivity (Wildman–Crippen MR) is 86.9 cm³/mol. The molecule has 1 aliphatic carbocycles. The molecule has 6 nitrogen and oxygen atoms in total. The lowest BCUT2D eigenvalue weighted by Gasteiger charge is -2.33. The van der Waals surface area contributed by atoms with Crippen molar-refractivity contribution in [3.05, 3.63) is 12.4 Å². The molecule has 1 N–H and O–H groups in total. The van der Waals surface area contributed by atoms with E-state index in [2.05, 4.69) is 32.1 Å². The Labute approximate surface area is 131 Å². The van der Waals surface area contributed by atoms with Gasteiger partial charge in [0.15, 0.2) is 0 Å². The van der Waals surface area contributed by atoms with Crippen LogP contribution in [0.2, 0.25) is 0 Å². The van der Waals surface area contributed by atoms with E-state index in [0.717, 1.165) is 57.7 Å². The van der Waals surface area contributed by atoms with Crippen molar-refractivity contribution in [2.24, 2.45) is 5.92 Å². The number of piperazine rings is 1. The Morgan fingerprint density at radius 3 is 2.59 bits per heavy atom. The SMILES string of the molecule is CN1CCN(c2cc(NC(=O)C3CCCCC3)ncn2)CC1. The average Bonchev–Trinajstić information content (AvgIpc) is 2.56. The van der Waals surface area contributed by atoms with Crippen molar-refractivity contribution in [2.75, 3.05) is 43.4 Å². The van der Waals surface area contributed by atoms with Crippen molar-refractivity contribution in [2.45, 2.75) is 32.1 Å². The summed E-state index contributed by atoms with van der Waals surface area (Å²) < 4.78 is 0. The number of rotatable bonds is 3. The lowest BCUT2D eigenvalue weighted by molar-refractivity contribution is -0.120. The third-order valence-corrected chi connectivity index (χ3v) is 4.71. The van der Waals surface area contributed by atoms with Crippen LogP contribution in [0, 0.1) is 5.92 Å². The molecule has 2 heterocycles. The number of amides is 1. The maximum absolute atomic E-state index is 12.3. The molecule has 2 fully saturated rings. The van der Waals surface area contributed by atoms with E-state index >= 15 is 0 Å². The number of hydrogen-bond donors (Lipinski definition) is 1. The van der Waals surface area contributed by atoms with Crippen LogP contribution in [0.25, 0.3) is 0 Å². The Morgan fingerprint density at radius 1 is 1.14 bits per heavy atom. The van der Waals surface area contributed by atoms with Crippen molar-refractivity contribution in [1.29, 1.82) is 0 Å². The molecule has 1 aromatic rings. The van der Waals surface area contributed by atoms with Gasteiger partial charge in [-0.1, -0.05) is 19.3 Å². The van der Waals surface area contributed by atoms with Gasteiger partial charge in [-0.3, -0.25) is 4.79 Å². The number of carbonyl (C=O) groups excluding carboxylic acids is 1. The van der Waals surface area contributed by atoms with E-state index in [4.69, 9.17) is 0 Å². The van der Waals surface area contributed by atoms with E-state index < -0.39 is 0 Å². The van der Waals surface area contributed by atoms with E-state index in [1.807, 2.05) is 6.07 Å². The monoisotopic (exact) mass is 303 g/mol. The minimum Gasteiger partial charge on any atom is -0.354 e. The van der Waals surface area contributed by atoms with Crippen LogP contribution in [0.3, 0.4) is 0 Å². The van der Waals surface area contributed by atoms with E-state index in [1.54, 1.807) is 6.33 Å². The van der Waals surface area contributed by atoms with Crippen molar-refractivity contribution in [3.63, 3.8) is 0 Å². The van der Waals surface area contributed by atoms with Gasteiger partial charge in [0, 0.05) is 38.2 Å². The lowest BCUT2D eigenvalue weighted by atomic mass is 9.89. The Kier molecular flexibility index (Phi) is 4.87. The summed E-state index contributed by atoms with van der Waals surface area (Å²) in [5.74, 6) is 1.79. The van der Waals surface area contributed by atoms with Gasteiger partial charge < -0.3 is 15.1 Å². The zero-order valence-corrected chi connectivity index (χ0v) is 13.3. The first-order valence-corrected chi connectivity index (χ1v) is 8.29. The molecule has 0 unspecified atom stereocenters. The summed E-state index contributed by atoms with van der Waals surface area (Å²) in [5.41, 5.74) is 0. The number of likely N-dealkylation sites (N-methyl/N-ethyl adjacent to an activating group) is 1. The first-order chi connectivity index (χ1) is 10.7. The van der Waals surface area contributed by atoms with Crippen molar-refractivity contribution >= 4 is 17.5 Å². The van der Waals surface area contributed by atoms with Gasteiger partial charge in [0.05, 0.1) is 0 Å². The predicted octanol–water partition coefficient (Wildman–Crippen LogP) is 1.75. The Balaban J connectivity index is 1.62. The second kappa shape index (κ2) is 7.05. The summed E-state index contributed by atoms with van der Waals surface area (Å²) >= 11 is 0. The molecule has 1 aromatic heterocycles. The molecule has 0 aromatic carbocycles. The highest BCUT2D eigenvalue weighted by molar-refractivity contribution is 5.91. The molecule has 0 atom stereocenters. The molecule has 0 spiro atoms. The van der Waals surface area contributed by atoms with Crippen molar-refractivity contribution in [1.82, 2.24) is 14.9 Å². The van der Waals surface area contributed by atoms with Gasteiger partial charge in [-0.25, -0.2) is 9.97 Å². The van der Waals surface area contributed by atoms with Gasteiger partial charge >= 0.3 is 0 Å². The fourth-order valence-corrected chi connectivity index (χ4v) is 3.22. The zero-order valence-electron chi connectivity index (χ0n) is 13.3. The summed E-state index contributed by atoms with van der Waals surface area (Å²) in [4.78, 5) is 25.4. The van der Waals surface area contributed by atoms with Gasteiger partial charge in [0.2, 0.25) is 5.91 Å². The second-order valence-electron chi connectivity index (χ2n) is 6.38. The van der Waals surface area contributed by atoms with E-state index in [0.29, 0.717) is 5.82 Å². The molecule has 0 radical (unpaired) electrons. The molecule has 1 saturated heterocycles. The summed E-state index contributed by atoms with van der Waals surface area (Å²) in [6.45, 7) is 3.99. The van der Waals surface area contributed by atoms with E-state index in [-0.39, 0.29) is 11.8 Å². The Morgan fingerprint density at radius 2 is 1.86 bits per heavy atom. The smallest absolute Gasteiger partial charge is 0.228 e. The Bertz CT molecular complexity index is 507. The second-order valence-corrected chi connectivity index (χ2v) is 6.38. The van der Waals surface area contributed by atoms with E-state index in [9.17, 15) is 4.79 Å². The third-order valence-electron chi connectivity index (χ3n) is 4.71.